The summed E-state index contributed by atoms with van der Waals surface area (Å²) in [7, 11) is 0. The number of benzene rings is 1. The van der Waals surface area contributed by atoms with Crippen molar-refractivity contribution in [3.63, 3.8) is 0 Å². The number of carbonyl (C=O) groups is 1. The minimum Gasteiger partial charge on any atom is -0.323 e. The first-order chi connectivity index (χ1) is 7.26. The lowest BCUT2D eigenvalue weighted by atomic mass is 10.1. The Morgan fingerprint density at radius 2 is 1.93 bits per heavy atom. The highest BCUT2D eigenvalue weighted by Crippen LogP contribution is 2.09. The first-order valence-electron chi connectivity index (χ1n) is 5.32. The van der Waals surface area contributed by atoms with E-state index in [0.29, 0.717) is 0 Å². The van der Waals surface area contributed by atoms with E-state index in [-0.39, 0.29) is 5.91 Å². The summed E-state index contributed by atoms with van der Waals surface area (Å²) >= 11 is 0. The van der Waals surface area contributed by atoms with Gasteiger partial charge in [0.2, 0.25) is 5.91 Å². The average Bonchev–Trinajstić information content (AvgIpc) is 2.27. The van der Waals surface area contributed by atoms with Crippen LogP contribution in [0.15, 0.2) is 36.4 Å². The molecule has 1 aromatic rings. The van der Waals surface area contributed by atoms with E-state index < -0.39 is 0 Å². The van der Waals surface area contributed by atoms with Gasteiger partial charge in [0.25, 0.3) is 0 Å². The molecule has 1 amide bonds. The number of aryl methyl sites for hydroxylation is 1. The lowest BCUT2D eigenvalue weighted by Gasteiger charge is -2.02. The molecule has 1 rings (SSSR count). The van der Waals surface area contributed by atoms with Crippen molar-refractivity contribution in [3.05, 3.63) is 42.0 Å². The first-order valence-corrected chi connectivity index (χ1v) is 5.32. The van der Waals surface area contributed by atoms with Crippen LogP contribution >= 0.6 is 0 Å². The van der Waals surface area contributed by atoms with E-state index in [1.807, 2.05) is 37.3 Å². The van der Waals surface area contributed by atoms with Crippen molar-refractivity contribution < 1.29 is 4.79 Å². The molecule has 0 atom stereocenters. The zero-order valence-corrected chi connectivity index (χ0v) is 9.29. The Hall–Kier alpha value is -1.57. The molecule has 1 N–H and O–H groups in total. The van der Waals surface area contributed by atoms with Gasteiger partial charge in [-0.3, -0.25) is 4.79 Å². The summed E-state index contributed by atoms with van der Waals surface area (Å²) in [4.78, 5) is 11.3. The summed E-state index contributed by atoms with van der Waals surface area (Å²) in [6, 6.07) is 7.91. The van der Waals surface area contributed by atoms with Gasteiger partial charge in [-0.05, 0) is 36.6 Å². The zero-order chi connectivity index (χ0) is 11.1. The lowest BCUT2D eigenvalue weighted by molar-refractivity contribution is -0.111. The van der Waals surface area contributed by atoms with Crippen LogP contribution in [0.2, 0.25) is 0 Å². The second kappa shape index (κ2) is 6.02. The van der Waals surface area contributed by atoms with Gasteiger partial charge in [-0.15, -0.1) is 0 Å². The maximum Gasteiger partial charge on any atom is 0.248 e. The number of hydrogen-bond acceptors (Lipinski definition) is 1. The number of allylic oxidation sites excluding steroid dienone is 1. The molecule has 0 spiro atoms. The van der Waals surface area contributed by atoms with Gasteiger partial charge in [-0.1, -0.05) is 32.1 Å². The average molecular weight is 203 g/mol. The molecule has 0 saturated heterocycles. The van der Waals surface area contributed by atoms with E-state index in [2.05, 4.69) is 12.2 Å². The normalized spacial score (nSPS) is 10.5. The van der Waals surface area contributed by atoms with E-state index in [4.69, 9.17) is 0 Å². The molecule has 0 unspecified atom stereocenters. The molecule has 2 nitrogen and oxygen atoms in total. The molecule has 0 aliphatic carbocycles. The Morgan fingerprint density at radius 3 is 2.47 bits per heavy atom. The van der Waals surface area contributed by atoms with Crippen molar-refractivity contribution in [2.24, 2.45) is 0 Å². The summed E-state index contributed by atoms with van der Waals surface area (Å²) in [5.41, 5.74) is 2.12. The molecule has 0 aromatic heterocycles. The van der Waals surface area contributed by atoms with Crippen molar-refractivity contribution in [2.75, 3.05) is 5.32 Å². The highest BCUT2D eigenvalue weighted by molar-refractivity contribution is 5.99. The monoisotopic (exact) mass is 203 g/mol. The van der Waals surface area contributed by atoms with Gasteiger partial charge in [-0.25, -0.2) is 0 Å². The molecule has 0 aliphatic heterocycles. The molecule has 0 fully saturated rings. The number of amides is 1. The van der Waals surface area contributed by atoms with Crippen LogP contribution in [-0.4, -0.2) is 5.91 Å². The van der Waals surface area contributed by atoms with Gasteiger partial charge < -0.3 is 5.32 Å². The maximum atomic E-state index is 11.3. The molecule has 15 heavy (non-hydrogen) atoms. The Balaban J connectivity index is 2.57. The molecule has 2 heteroatoms. The predicted octanol–water partition coefficient (Wildman–Crippen LogP) is 3.15. The van der Waals surface area contributed by atoms with Crippen LogP contribution in [0.5, 0.6) is 0 Å². The number of nitrogens with one attached hydrogen (secondary N) is 1. The van der Waals surface area contributed by atoms with Crippen LogP contribution in [0, 0.1) is 0 Å². The Labute approximate surface area is 91.0 Å². The molecule has 0 radical (unpaired) electrons. The summed E-state index contributed by atoms with van der Waals surface area (Å²) in [5.74, 6) is -0.0684. The van der Waals surface area contributed by atoms with Crippen molar-refractivity contribution in [3.8, 4) is 0 Å². The SMILES string of the molecule is CC/C=C/C(=O)Nc1ccc(CC)cc1. The fourth-order valence-corrected chi connectivity index (χ4v) is 1.23. The topological polar surface area (TPSA) is 29.1 Å². The predicted molar refractivity (Wildman–Crippen MR) is 63.9 cm³/mol. The van der Waals surface area contributed by atoms with E-state index in [9.17, 15) is 4.79 Å². The Kier molecular flexibility index (Phi) is 4.61. The van der Waals surface area contributed by atoms with Gasteiger partial charge in [0, 0.05) is 5.69 Å². The van der Waals surface area contributed by atoms with Crippen LogP contribution in [0.1, 0.15) is 25.8 Å². The molecule has 0 heterocycles. The lowest BCUT2D eigenvalue weighted by Crippen LogP contribution is -2.07. The molecular weight excluding hydrogens is 186 g/mol. The van der Waals surface area contributed by atoms with E-state index in [1.165, 1.54) is 5.56 Å². The Bertz CT molecular complexity index is 338. The molecule has 0 bridgehead atoms. The van der Waals surface area contributed by atoms with E-state index in [1.54, 1.807) is 6.08 Å². The number of carbonyl (C=O) groups excluding carboxylic acids is 1. The van der Waals surface area contributed by atoms with Gasteiger partial charge in [0.05, 0.1) is 0 Å². The van der Waals surface area contributed by atoms with Gasteiger partial charge in [-0.2, -0.15) is 0 Å². The molecular formula is C13H17NO. The summed E-state index contributed by atoms with van der Waals surface area (Å²) in [6.45, 7) is 4.11. The largest absolute Gasteiger partial charge is 0.323 e. The molecule has 1 aromatic carbocycles. The molecule has 80 valence electrons. The third-order valence-electron chi connectivity index (χ3n) is 2.13. The Morgan fingerprint density at radius 1 is 1.27 bits per heavy atom. The minimum absolute atomic E-state index is 0.0684. The first kappa shape index (κ1) is 11.5. The maximum absolute atomic E-state index is 11.3. The molecule has 0 aliphatic rings. The molecule has 0 saturated carbocycles. The number of anilines is 1. The fraction of sp³-hybridized carbons (Fsp3) is 0.308. The van der Waals surface area contributed by atoms with Gasteiger partial charge in [0.15, 0.2) is 0 Å². The standard InChI is InChI=1S/C13H17NO/c1-3-5-6-13(15)14-12-9-7-11(4-2)8-10-12/h5-10H,3-4H2,1-2H3,(H,14,15)/b6-5+. The van der Waals surface area contributed by atoms with E-state index >= 15 is 0 Å². The third-order valence-corrected chi connectivity index (χ3v) is 2.13. The second-order valence-electron chi connectivity index (χ2n) is 3.35. The summed E-state index contributed by atoms with van der Waals surface area (Å²) < 4.78 is 0. The van der Waals surface area contributed by atoms with Crippen molar-refractivity contribution in [2.45, 2.75) is 26.7 Å². The summed E-state index contributed by atoms with van der Waals surface area (Å²) in [6.07, 6.45) is 5.30. The van der Waals surface area contributed by atoms with Crippen molar-refractivity contribution in [1.82, 2.24) is 0 Å². The van der Waals surface area contributed by atoms with Crippen molar-refractivity contribution in [1.29, 1.82) is 0 Å². The van der Waals surface area contributed by atoms with Crippen LogP contribution in [0.4, 0.5) is 5.69 Å². The quantitative estimate of drug-likeness (QED) is 0.748. The fourth-order valence-electron chi connectivity index (χ4n) is 1.23. The third kappa shape index (κ3) is 3.98. The second-order valence-corrected chi connectivity index (χ2v) is 3.35. The summed E-state index contributed by atoms with van der Waals surface area (Å²) in [5, 5.41) is 2.80. The smallest absolute Gasteiger partial charge is 0.248 e. The van der Waals surface area contributed by atoms with Crippen molar-refractivity contribution >= 4 is 11.6 Å². The highest BCUT2D eigenvalue weighted by atomic mass is 16.1. The van der Waals surface area contributed by atoms with Crippen LogP contribution in [0.3, 0.4) is 0 Å². The number of hydrogen-bond donors (Lipinski definition) is 1. The van der Waals surface area contributed by atoms with Gasteiger partial charge >= 0.3 is 0 Å². The number of rotatable bonds is 4. The van der Waals surface area contributed by atoms with Gasteiger partial charge in [0.1, 0.15) is 0 Å². The van der Waals surface area contributed by atoms with Crippen LogP contribution < -0.4 is 5.32 Å². The highest BCUT2D eigenvalue weighted by Gasteiger charge is 1.96. The van der Waals surface area contributed by atoms with Crippen LogP contribution in [-0.2, 0) is 11.2 Å². The van der Waals surface area contributed by atoms with E-state index in [0.717, 1.165) is 18.5 Å². The van der Waals surface area contributed by atoms with Crippen LogP contribution in [0.25, 0.3) is 0 Å². The minimum atomic E-state index is -0.0684. The zero-order valence-electron chi connectivity index (χ0n) is 9.29.